The number of hydrogen-bond donors (Lipinski definition) is 0. The van der Waals surface area contributed by atoms with E-state index in [0.29, 0.717) is 30.9 Å². The van der Waals surface area contributed by atoms with Gasteiger partial charge in [-0.05, 0) is 62.1 Å². The average Bonchev–Trinajstić information content (AvgIpc) is 3.56. The van der Waals surface area contributed by atoms with Crippen molar-refractivity contribution in [3.05, 3.63) is 101 Å². The number of carbonyl (C=O) groups excluding carboxylic acids is 1. The Balaban J connectivity index is 1.53. The SMILES string of the molecule is CC(=O)CCN(Cc1ccccc1)c1nc(-c2ccc3c(ccn3S(=O)(=O)c3ccc(C)cc3)c2)c(CC(C)C)s1. The van der Waals surface area contributed by atoms with Gasteiger partial charge in [0.15, 0.2) is 5.13 Å². The van der Waals surface area contributed by atoms with E-state index < -0.39 is 10.0 Å². The second kappa shape index (κ2) is 12.0. The summed E-state index contributed by atoms with van der Waals surface area (Å²) in [5.74, 6) is 0.587. The van der Waals surface area contributed by atoms with Crippen LogP contribution in [-0.2, 0) is 27.8 Å². The molecule has 0 bridgehead atoms. The summed E-state index contributed by atoms with van der Waals surface area (Å²) >= 11 is 1.68. The van der Waals surface area contributed by atoms with Gasteiger partial charge >= 0.3 is 0 Å². The zero-order chi connectivity index (χ0) is 29.1. The summed E-state index contributed by atoms with van der Waals surface area (Å²) < 4.78 is 28.2. The van der Waals surface area contributed by atoms with Crippen molar-refractivity contribution < 1.29 is 13.2 Å². The van der Waals surface area contributed by atoms with Gasteiger partial charge in [-0.2, -0.15) is 0 Å². The lowest BCUT2D eigenvalue weighted by Crippen LogP contribution is -2.25. The zero-order valence-corrected chi connectivity index (χ0v) is 25.5. The molecule has 212 valence electrons. The zero-order valence-electron chi connectivity index (χ0n) is 23.9. The maximum Gasteiger partial charge on any atom is 0.268 e. The molecule has 3 aromatic carbocycles. The molecular weight excluding hydrogens is 551 g/mol. The Morgan fingerprint density at radius 2 is 1.73 bits per heavy atom. The predicted molar refractivity (Wildman–Crippen MR) is 168 cm³/mol. The molecule has 0 atom stereocenters. The van der Waals surface area contributed by atoms with Gasteiger partial charge in [-0.1, -0.05) is 67.9 Å². The van der Waals surface area contributed by atoms with Crippen LogP contribution in [0.2, 0.25) is 0 Å². The quantitative estimate of drug-likeness (QED) is 0.161. The van der Waals surface area contributed by atoms with Crippen LogP contribution >= 0.6 is 11.3 Å². The van der Waals surface area contributed by atoms with E-state index in [-0.39, 0.29) is 10.7 Å². The van der Waals surface area contributed by atoms with Crippen LogP contribution in [-0.4, -0.2) is 29.7 Å². The number of Topliss-reactive ketones (excluding diaryl/α,β-unsaturated/α-hetero) is 1. The van der Waals surface area contributed by atoms with E-state index in [4.69, 9.17) is 4.98 Å². The molecule has 41 heavy (non-hydrogen) atoms. The third-order valence-electron chi connectivity index (χ3n) is 7.01. The maximum absolute atomic E-state index is 13.4. The van der Waals surface area contributed by atoms with E-state index in [9.17, 15) is 13.2 Å². The van der Waals surface area contributed by atoms with Crippen LogP contribution in [0.25, 0.3) is 22.2 Å². The number of ketones is 1. The Kier molecular flexibility index (Phi) is 8.42. The standard InChI is InChI=1S/C33H35N3O3S2/c1-23(2)20-31-32(34-33(40-31)35(18-16-25(4)37)22-26-8-6-5-7-9-26)28-12-15-30-27(21-28)17-19-36(30)41(38,39)29-13-10-24(3)11-14-29/h5-15,17,19,21,23H,16,18,20,22H2,1-4H3. The van der Waals surface area contributed by atoms with Crippen LogP contribution in [0.15, 0.2) is 90.0 Å². The number of carbonyl (C=O) groups is 1. The number of rotatable bonds is 11. The summed E-state index contributed by atoms with van der Waals surface area (Å²) in [7, 11) is -3.72. The predicted octanol–water partition coefficient (Wildman–Crippen LogP) is 7.49. The molecule has 0 saturated heterocycles. The van der Waals surface area contributed by atoms with Crippen molar-refractivity contribution in [2.24, 2.45) is 5.92 Å². The van der Waals surface area contributed by atoms with Crippen molar-refractivity contribution in [3.8, 4) is 11.3 Å². The highest BCUT2D eigenvalue weighted by Crippen LogP contribution is 2.37. The minimum atomic E-state index is -3.72. The number of anilines is 1. The van der Waals surface area contributed by atoms with E-state index in [1.165, 1.54) is 8.85 Å². The maximum atomic E-state index is 13.4. The Hall–Kier alpha value is -3.75. The van der Waals surface area contributed by atoms with Crippen LogP contribution in [0, 0.1) is 12.8 Å². The van der Waals surface area contributed by atoms with Gasteiger partial charge in [-0.3, -0.25) is 4.79 Å². The molecule has 0 amide bonds. The van der Waals surface area contributed by atoms with Crippen molar-refractivity contribution in [1.29, 1.82) is 0 Å². The monoisotopic (exact) mass is 585 g/mol. The molecule has 5 rings (SSSR count). The van der Waals surface area contributed by atoms with Gasteiger partial charge in [-0.15, -0.1) is 11.3 Å². The van der Waals surface area contributed by atoms with Crippen molar-refractivity contribution in [2.45, 2.75) is 52.0 Å². The molecule has 0 saturated carbocycles. The van der Waals surface area contributed by atoms with Gasteiger partial charge < -0.3 is 4.90 Å². The lowest BCUT2D eigenvalue weighted by Gasteiger charge is -2.21. The minimum Gasteiger partial charge on any atom is -0.343 e. The van der Waals surface area contributed by atoms with Crippen LogP contribution in [0.5, 0.6) is 0 Å². The lowest BCUT2D eigenvalue weighted by molar-refractivity contribution is -0.116. The van der Waals surface area contributed by atoms with Gasteiger partial charge in [0.2, 0.25) is 0 Å². The molecule has 0 spiro atoms. The van der Waals surface area contributed by atoms with Gasteiger partial charge in [-0.25, -0.2) is 17.4 Å². The fourth-order valence-corrected chi connectivity index (χ4v) is 7.52. The first-order valence-electron chi connectivity index (χ1n) is 13.8. The smallest absolute Gasteiger partial charge is 0.268 e. The van der Waals surface area contributed by atoms with Gasteiger partial charge in [0.25, 0.3) is 10.0 Å². The van der Waals surface area contributed by atoms with Crippen LogP contribution in [0.3, 0.4) is 0 Å². The van der Waals surface area contributed by atoms with E-state index in [1.54, 1.807) is 36.6 Å². The second-order valence-electron chi connectivity index (χ2n) is 10.9. The van der Waals surface area contributed by atoms with Gasteiger partial charge in [0.05, 0.1) is 16.1 Å². The van der Waals surface area contributed by atoms with Gasteiger partial charge in [0.1, 0.15) is 5.78 Å². The summed E-state index contributed by atoms with van der Waals surface area (Å²) in [5, 5.41) is 1.72. The topological polar surface area (TPSA) is 72.3 Å². The van der Waals surface area contributed by atoms with E-state index in [2.05, 4.69) is 30.9 Å². The molecule has 0 aliphatic heterocycles. The van der Waals surface area contributed by atoms with Crippen molar-refractivity contribution in [1.82, 2.24) is 8.96 Å². The van der Waals surface area contributed by atoms with Crippen LogP contribution in [0.4, 0.5) is 5.13 Å². The Morgan fingerprint density at radius 3 is 2.41 bits per heavy atom. The molecule has 0 aliphatic rings. The Morgan fingerprint density at radius 1 is 1.00 bits per heavy atom. The fourth-order valence-electron chi connectivity index (χ4n) is 4.85. The number of hydrogen-bond acceptors (Lipinski definition) is 6. The first-order valence-corrected chi connectivity index (χ1v) is 16.1. The number of nitrogens with zero attached hydrogens (tertiary/aromatic N) is 3. The molecule has 8 heteroatoms. The Bertz CT molecular complexity index is 1770. The minimum absolute atomic E-state index is 0.151. The number of aromatic nitrogens is 2. The van der Waals surface area contributed by atoms with Gasteiger partial charge in [0, 0.05) is 41.5 Å². The highest BCUT2D eigenvalue weighted by atomic mass is 32.2. The molecule has 0 fully saturated rings. The van der Waals surface area contributed by atoms with Crippen molar-refractivity contribution in [3.63, 3.8) is 0 Å². The van der Waals surface area contributed by atoms with E-state index in [1.807, 2.05) is 61.5 Å². The molecule has 6 nitrogen and oxygen atoms in total. The molecule has 0 N–H and O–H groups in total. The molecular formula is C33H35N3O3S2. The summed E-state index contributed by atoms with van der Waals surface area (Å²) in [6.07, 6.45) is 2.95. The normalized spacial score (nSPS) is 11.8. The summed E-state index contributed by atoms with van der Waals surface area (Å²) in [6.45, 7) is 9.21. The van der Waals surface area contributed by atoms with Crippen LogP contribution < -0.4 is 4.90 Å². The van der Waals surface area contributed by atoms with E-state index in [0.717, 1.165) is 39.3 Å². The van der Waals surface area contributed by atoms with Crippen LogP contribution in [0.1, 0.15) is 43.2 Å². The first kappa shape index (κ1) is 28.8. The third kappa shape index (κ3) is 6.44. The highest BCUT2D eigenvalue weighted by Gasteiger charge is 2.22. The molecule has 0 unspecified atom stereocenters. The summed E-state index contributed by atoms with van der Waals surface area (Å²) in [5.41, 5.74) is 4.66. The fraction of sp³-hybridized carbons (Fsp3) is 0.273. The molecule has 5 aromatic rings. The lowest BCUT2D eigenvalue weighted by atomic mass is 10.0. The summed E-state index contributed by atoms with van der Waals surface area (Å²) in [4.78, 5) is 20.7. The number of benzene rings is 3. The second-order valence-corrected chi connectivity index (χ2v) is 13.8. The highest BCUT2D eigenvalue weighted by molar-refractivity contribution is 7.90. The molecule has 0 radical (unpaired) electrons. The number of aryl methyl sites for hydroxylation is 1. The third-order valence-corrected chi connectivity index (χ3v) is 9.85. The average molecular weight is 586 g/mol. The van der Waals surface area contributed by atoms with E-state index >= 15 is 0 Å². The van der Waals surface area contributed by atoms with Crippen molar-refractivity contribution >= 4 is 43.2 Å². The Labute approximate surface area is 246 Å². The van der Waals surface area contributed by atoms with Crippen molar-refractivity contribution in [2.75, 3.05) is 11.4 Å². The number of thiazole rings is 1. The number of fused-ring (bicyclic) bond motifs is 1. The largest absolute Gasteiger partial charge is 0.343 e. The first-order chi connectivity index (χ1) is 19.6. The molecule has 2 heterocycles. The molecule has 2 aromatic heterocycles. The molecule has 0 aliphatic carbocycles. The summed E-state index contributed by atoms with van der Waals surface area (Å²) in [6, 6.07) is 24.8.